The Hall–Kier alpha value is -4.04. The Kier molecular flexibility index (Phi) is 6.52. The van der Waals surface area contributed by atoms with Gasteiger partial charge in [0.1, 0.15) is 17.0 Å². The van der Waals surface area contributed by atoms with Gasteiger partial charge < -0.3 is 14.6 Å². The third-order valence-corrected chi connectivity index (χ3v) is 7.12. The largest absolute Gasteiger partial charge is 0.496 e. The predicted octanol–water partition coefficient (Wildman–Crippen LogP) is 4.34. The van der Waals surface area contributed by atoms with Crippen molar-refractivity contribution in [2.24, 2.45) is 0 Å². The maximum atomic E-state index is 12.6. The lowest BCUT2D eigenvalue weighted by molar-refractivity contribution is -0.124. The van der Waals surface area contributed by atoms with Crippen molar-refractivity contribution in [3.8, 4) is 28.1 Å². The molecular formula is C29H31N5O3. The van der Waals surface area contributed by atoms with Crippen LogP contribution in [0.1, 0.15) is 34.8 Å². The second-order valence-electron chi connectivity index (χ2n) is 9.70. The minimum Gasteiger partial charge on any atom is -0.496 e. The van der Waals surface area contributed by atoms with E-state index < -0.39 is 0 Å². The number of carbonyl (C=O) groups excluding carboxylic acids is 2. The van der Waals surface area contributed by atoms with Crippen molar-refractivity contribution in [1.82, 2.24) is 24.8 Å². The Balaban J connectivity index is 1.54. The maximum absolute atomic E-state index is 12.6. The number of ketones is 1. The average Bonchev–Trinajstić information content (AvgIpc) is 3.34. The van der Waals surface area contributed by atoms with E-state index in [1.165, 1.54) is 0 Å². The first-order chi connectivity index (χ1) is 17.8. The molecule has 37 heavy (non-hydrogen) atoms. The number of hydrogen-bond donors (Lipinski definition) is 1. The van der Waals surface area contributed by atoms with Gasteiger partial charge in [-0.25, -0.2) is 9.97 Å². The predicted molar refractivity (Wildman–Crippen MR) is 144 cm³/mol. The van der Waals surface area contributed by atoms with Crippen LogP contribution in [0.3, 0.4) is 0 Å². The van der Waals surface area contributed by atoms with Crippen LogP contribution in [0.25, 0.3) is 33.5 Å². The van der Waals surface area contributed by atoms with Crippen LogP contribution in [0, 0.1) is 0 Å². The van der Waals surface area contributed by atoms with Crippen LogP contribution in [-0.4, -0.2) is 70.7 Å². The number of fused-ring (bicyclic) bond motifs is 2. The number of Topliss-reactive ketones (excluding diaryl/α,β-unsaturated/α-hetero) is 1. The number of aromatic amines is 1. The molecule has 0 fully saturated rings. The number of nitrogens with one attached hydrogen (secondary N) is 1. The highest BCUT2D eigenvalue weighted by atomic mass is 16.5. The zero-order chi connectivity index (χ0) is 26.3. The van der Waals surface area contributed by atoms with Gasteiger partial charge in [-0.15, -0.1) is 0 Å². The van der Waals surface area contributed by atoms with Gasteiger partial charge in [0.15, 0.2) is 5.65 Å². The zero-order valence-electron chi connectivity index (χ0n) is 21.8. The summed E-state index contributed by atoms with van der Waals surface area (Å²) >= 11 is 0. The molecule has 0 radical (unpaired) electrons. The van der Waals surface area contributed by atoms with Gasteiger partial charge in [0.05, 0.1) is 25.0 Å². The minimum atomic E-state index is -0.135. The summed E-state index contributed by atoms with van der Waals surface area (Å²) in [5, 5.41) is 0. The molecule has 4 aromatic rings. The van der Waals surface area contributed by atoms with Crippen LogP contribution in [0.2, 0.25) is 0 Å². The molecule has 1 aliphatic heterocycles. The van der Waals surface area contributed by atoms with Crippen molar-refractivity contribution in [2.75, 3.05) is 28.3 Å². The molecule has 0 aliphatic carbocycles. The van der Waals surface area contributed by atoms with Crippen molar-refractivity contribution in [3.05, 3.63) is 65.5 Å². The van der Waals surface area contributed by atoms with E-state index in [9.17, 15) is 9.59 Å². The van der Waals surface area contributed by atoms with Gasteiger partial charge in [0.2, 0.25) is 0 Å². The number of rotatable bonds is 6. The lowest BCUT2D eigenvalue weighted by Crippen LogP contribution is -2.43. The van der Waals surface area contributed by atoms with Crippen LogP contribution in [0.15, 0.2) is 48.8 Å². The van der Waals surface area contributed by atoms with Crippen molar-refractivity contribution in [1.29, 1.82) is 0 Å². The number of ether oxygens (including phenoxy) is 1. The minimum absolute atomic E-state index is 0.0389. The van der Waals surface area contributed by atoms with E-state index in [1.54, 1.807) is 32.3 Å². The molecule has 8 nitrogen and oxygen atoms in total. The van der Waals surface area contributed by atoms with Gasteiger partial charge in [-0.1, -0.05) is 19.1 Å². The molecule has 1 N–H and O–H groups in total. The normalized spacial score (nSPS) is 15.4. The summed E-state index contributed by atoms with van der Waals surface area (Å²) in [6, 6.07) is 11.5. The van der Waals surface area contributed by atoms with Crippen molar-refractivity contribution < 1.29 is 14.3 Å². The molecular weight excluding hydrogens is 466 g/mol. The van der Waals surface area contributed by atoms with Crippen LogP contribution in [0.5, 0.6) is 5.75 Å². The first-order valence-electron chi connectivity index (χ1n) is 12.4. The lowest BCUT2D eigenvalue weighted by atomic mass is 9.89. The first kappa shape index (κ1) is 24.6. The summed E-state index contributed by atoms with van der Waals surface area (Å²) in [6.07, 6.45) is 4.81. The van der Waals surface area contributed by atoms with Crippen LogP contribution in [-0.2, 0) is 17.8 Å². The molecule has 0 saturated carbocycles. The molecule has 190 valence electrons. The van der Waals surface area contributed by atoms with E-state index in [2.05, 4.69) is 20.9 Å². The molecule has 8 heteroatoms. The first-order valence-corrected chi connectivity index (χ1v) is 12.4. The molecule has 0 spiro atoms. The number of likely N-dealkylation sites (N-methyl/N-ethyl adjacent to an activating group) is 1. The summed E-state index contributed by atoms with van der Waals surface area (Å²) in [7, 11) is 7.14. The third kappa shape index (κ3) is 4.49. The molecule has 1 atom stereocenters. The molecule has 0 bridgehead atoms. The second-order valence-corrected chi connectivity index (χ2v) is 9.70. The van der Waals surface area contributed by atoms with E-state index >= 15 is 0 Å². The van der Waals surface area contributed by atoms with Crippen molar-refractivity contribution in [2.45, 2.75) is 32.4 Å². The van der Waals surface area contributed by atoms with E-state index in [0.29, 0.717) is 30.6 Å². The molecule has 3 heterocycles. The average molecular weight is 498 g/mol. The van der Waals surface area contributed by atoms with Gasteiger partial charge in [-0.2, -0.15) is 0 Å². The highest BCUT2D eigenvalue weighted by Crippen LogP contribution is 2.36. The summed E-state index contributed by atoms with van der Waals surface area (Å²) in [5.41, 5.74) is 7.77. The molecule has 1 aliphatic rings. The van der Waals surface area contributed by atoms with E-state index in [4.69, 9.17) is 9.72 Å². The third-order valence-electron chi connectivity index (χ3n) is 7.12. The number of carbonyl (C=O) groups is 2. The summed E-state index contributed by atoms with van der Waals surface area (Å²) < 4.78 is 5.76. The summed E-state index contributed by atoms with van der Waals surface area (Å²) in [4.78, 5) is 41.3. The van der Waals surface area contributed by atoms with Gasteiger partial charge in [-0.05, 0) is 48.9 Å². The quantitative estimate of drug-likeness (QED) is 0.426. The Labute approximate surface area is 216 Å². The lowest BCUT2D eigenvalue weighted by Gasteiger charge is -2.34. The number of benzene rings is 2. The topological polar surface area (TPSA) is 91.4 Å². The van der Waals surface area contributed by atoms with Gasteiger partial charge >= 0.3 is 0 Å². The van der Waals surface area contributed by atoms with Crippen molar-refractivity contribution >= 4 is 22.9 Å². The Morgan fingerprint density at radius 2 is 1.92 bits per heavy atom. The van der Waals surface area contributed by atoms with Gasteiger partial charge in [0, 0.05) is 55.5 Å². The number of methoxy groups -OCH3 is 1. The van der Waals surface area contributed by atoms with Crippen LogP contribution < -0.4 is 4.74 Å². The van der Waals surface area contributed by atoms with Gasteiger partial charge in [0.25, 0.3) is 5.91 Å². The molecule has 2 aromatic carbocycles. The maximum Gasteiger partial charge on any atom is 0.253 e. The zero-order valence-corrected chi connectivity index (χ0v) is 21.8. The summed E-state index contributed by atoms with van der Waals surface area (Å²) in [5.74, 6) is 0.996. The highest BCUT2D eigenvalue weighted by molar-refractivity contribution is 5.96. The standard InChI is InChI=1S/C29H31N5O3/c1-6-25(35)24-12-19-11-20(13-26(37-5)22(19)16-34(24)4)23-15-31-28-27(32-23)21(14-30-28)17-7-9-18(10-8-17)29(36)33(2)3/h7-11,13-15,24H,6,12,16H2,1-5H3,(H,30,31). The fourth-order valence-corrected chi connectivity index (χ4v) is 5.01. The molecule has 2 aromatic heterocycles. The summed E-state index contributed by atoms with van der Waals surface area (Å²) in [6.45, 7) is 2.57. The van der Waals surface area contributed by atoms with Gasteiger partial charge in [-0.3, -0.25) is 14.5 Å². The fraction of sp³-hybridized carbons (Fsp3) is 0.310. The number of hydrogen-bond acceptors (Lipinski definition) is 6. The van der Waals surface area contributed by atoms with Crippen molar-refractivity contribution in [3.63, 3.8) is 0 Å². The van der Waals surface area contributed by atoms with Crippen LogP contribution in [0.4, 0.5) is 0 Å². The monoisotopic (exact) mass is 497 g/mol. The number of H-pyrrole nitrogens is 1. The number of amides is 1. The van der Waals surface area contributed by atoms with E-state index in [-0.39, 0.29) is 17.7 Å². The van der Waals surface area contributed by atoms with E-state index in [1.807, 2.05) is 50.5 Å². The number of nitrogens with zero attached hydrogens (tertiary/aromatic N) is 4. The highest BCUT2D eigenvalue weighted by Gasteiger charge is 2.30. The second kappa shape index (κ2) is 9.78. The smallest absolute Gasteiger partial charge is 0.253 e. The van der Waals surface area contributed by atoms with E-state index in [0.717, 1.165) is 44.8 Å². The Morgan fingerprint density at radius 3 is 2.59 bits per heavy atom. The van der Waals surface area contributed by atoms with Crippen LogP contribution >= 0.6 is 0 Å². The molecule has 0 saturated heterocycles. The SMILES string of the molecule is CCC(=O)C1Cc2cc(-c3cnc4[nH]cc(-c5ccc(C(=O)N(C)C)cc5)c4n3)cc(OC)c2CN1C. The molecule has 1 amide bonds. The molecule has 1 unspecified atom stereocenters. The number of aromatic nitrogens is 3. The Bertz CT molecular complexity index is 1490. The fourth-order valence-electron chi connectivity index (χ4n) is 5.01. The molecule has 5 rings (SSSR count). The Morgan fingerprint density at radius 1 is 1.16 bits per heavy atom.